The van der Waals surface area contributed by atoms with Crippen LogP contribution in [0.15, 0.2) is 48.5 Å². The number of halogens is 2. The molecular weight excluding hydrogens is 538 g/mol. The van der Waals surface area contributed by atoms with E-state index >= 15 is 0 Å². The Hall–Kier alpha value is -3.62. The molecule has 2 amide bonds. The molecule has 2 fully saturated rings. The maximum atomic E-state index is 14.0. The lowest BCUT2D eigenvalue weighted by molar-refractivity contribution is -0.154. The number of carbonyl (C=O) groups is 1. The first-order valence-corrected chi connectivity index (χ1v) is 13.5. The Bertz CT molecular complexity index is 1320. The normalized spacial score (nSPS) is 21.1. The molecule has 0 radical (unpaired) electrons. The Morgan fingerprint density at radius 3 is 2.76 bits per heavy atom. The molecular formula is C28H34F2N6O5. The van der Waals surface area contributed by atoms with Crippen molar-refractivity contribution in [2.24, 2.45) is 0 Å². The first-order chi connectivity index (χ1) is 19.9. The van der Waals surface area contributed by atoms with Gasteiger partial charge in [-0.2, -0.15) is 5.06 Å². The fourth-order valence-electron chi connectivity index (χ4n) is 4.76. The van der Waals surface area contributed by atoms with Gasteiger partial charge in [-0.25, -0.2) is 18.3 Å². The van der Waals surface area contributed by atoms with Crippen molar-refractivity contribution in [1.29, 1.82) is 0 Å². The van der Waals surface area contributed by atoms with E-state index in [-0.39, 0.29) is 6.10 Å². The van der Waals surface area contributed by atoms with Crippen molar-refractivity contribution in [1.82, 2.24) is 25.5 Å². The lowest BCUT2D eigenvalue weighted by Gasteiger charge is -2.23. The van der Waals surface area contributed by atoms with Crippen LogP contribution in [-0.4, -0.2) is 86.1 Å². The van der Waals surface area contributed by atoms with Crippen LogP contribution >= 0.6 is 0 Å². The molecule has 1 aromatic heterocycles. The Labute approximate surface area is 236 Å². The number of amides is 2. The van der Waals surface area contributed by atoms with E-state index in [0.717, 1.165) is 24.4 Å². The minimum atomic E-state index is -0.992. The minimum absolute atomic E-state index is 0.110. The third-order valence-corrected chi connectivity index (χ3v) is 6.88. The van der Waals surface area contributed by atoms with Gasteiger partial charge < -0.3 is 24.8 Å². The van der Waals surface area contributed by atoms with Crippen LogP contribution in [-0.2, 0) is 14.3 Å². The summed E-state index contributed by atoms with van der Waals surface area (Å²) in [6, 6.07) is 11.8. The monoisotopic (exact) mass is 572 g/mol. The molecule has 220 valence electrons. The summed E-state index contributed by atoms with van der Waals surface area (Å²) in [6.45, 7) is 5.33. The van der Waals surface area contributed by atoms with Crippen LogP contribution in [0, 0.1) is 18.6 Å². The van der Waals surface area contributed by atoms with E-state index in [1.165, 1.54) is 6.07 Å². The number of hydrogen-bond donors (Lipinski definition) is 3. The van der Waals surface area contributed by atoms with Crippen molar-refractivity contribution >= 4 is 11.8 Å². The molecule has 11 nitrogen and oxygen atoms in total. The summed E-state index contributed by atoms with van der Waals surface area (Å²) in [4.78, 5) is 19.4. The fourth-order valence-corrected chi connectivity index (χ4v) is 4.76. The summed E-state index contributed by atoms with van der Waals surface area (Å²) in [6.07, 6.45) is -0.850. The largest absolute Gasteiger partial charge is 0.474 e. The lowest BCUT2D eigenvalue weighted by Crippen LogP contribution is -2.42. The van der Waals surface area contributed by atoms with Gasteiger partial charge in [0.1, 0.15) is 24.6 Å². The predicted octanol–water partition coefficient (Wildman–Crippen LogP) is 2.95. The van der Waals surface area contributed by atoms with Crippen molar-refractivity contribution in [3.63, 3.8) is 0 Å². The van der Waals surface area contributed by atoms with Gasteiger partial charge >= 0.3 is 6.03 Å². The highest BCUT2D eigenvalue weighted by atomic mass is 19.2. The summed E-state index contributed by atoms with van der Waals surface area (Å²) in [5.74, 6) is -1.16. The number of aromatic nitrogens is 2. The summed E-state index contributed by atoms with van der Waals surface area (Å²) < 4.78 is 46.1. The Kier molecular flexibility index (Phi) is 9.42. The second kappa shape index (κ2) is 13.4. The lowest BCUT2D eigenvalue weighted by atomic mass is 10.0. The quantitative estimate of drug-likeness (QED) is 0.340. The second-order valence-corrected chi connectivity index (χ2v) is 9.82. The molecule has 0 saturated carbocycles. The van der Waals surface area contributed by atoms with Crippen LogP contribution in [0.25, 0.3) is 5.69 Å². The molecule has 3 heterocycles. The Balaban J connectivity index is 1.34. The molecule has 5 rings (SSSR count). The number of benzene rings is 2. The van der Waals surface area contributed by atoms with Gasteiger partial charge in [-0.3, -0.25) is 10.2 Å². The van der Waals surface area contributed by atoms with E-state index in [4.69, 9.17) is 19.0 Å². The third-order valence-electron chi connectivity index (χ3n) is 6.88. The number of morpholine rings is 1. The number of ether oxygens (including phenoxy) is 3. The van der Waals surface area contributed by atoms with Crippen LogP contribution in [0.4, 0.5) is 19.4 Å². The molecule has 2 aliphatic rings. The molecule has 3 N–H and O–H groups in total. The van der Waals surface area contributed by atoms with Crippen molar-refractivity contribution in [3.8, 4) is 11.6 Å². The summed E-state index contributed by atoms with van der Waals surface area (Å²) in [5, 5.41) is 15.4. The molecule has 41 heavy (non-hydrogen) atoms. The van der Waals surface area contributed by atoms with E-state index in [0.29, 0.717) is 62.3 Å². The molecule has 13 heteroatoms. The zero-order valence-corrected chi connectivity index (χ0v) is 22.9. The zero-order chi connectivity index (χ0) is 28.8. The number of nitrogens with one attached hydrogen (secondary N) is 3. The number of hydrogen-bond acceptors (Lipinski definition) is 8. The highest BCUT2D eigenvalue weighted by Gasteiger charge is 2.37. The summed E-state index contributed by atoms with van der Waals surface area (Å²) >= 11 is 0. The van der Waals surface area contributed by atoms with Crippen LogP contribution < -0.4 is 20.7 Å². The van der Waals surface area contributed by atoms with E-state index in [1.807, 2.05) is 37.3 Å². The van der Waals surface area contributed by atoms with Crippen LogP contribution in [0.3, 0.4) is 0 Å². The molecule has 3 aromatic rings. The van der Waals surface area contributed by atoms with Crippen molar-refractivity contribution in [2.75, 3.05) is 58.4 Å². The summed E-state index contributed by atoms with van der Waals surface area (Å²) in [5.41, 5.74) is 1.76. The van der Waals surface area contributed by atoms with Crippen molar-refractivity contribution < 1.29 is 32.6 Å². The molecule has 2 saturated heterocycles. The highest BCUT2D eigenvalue weighted by Crippen LogP contribution is 2.31. The second-order valence-electron chi connectivity index (χ2n) is 9.82. The third kappa shape index (κ3) is 7.00. The molecule has 2 aromatic carbocycles. The van der Waals surface area contributed by atoms with Gasteiger partial charge in [0.2, 0.25) is 5.88 Å². The van der Waals surface area contributed by atoms with Crippen LogP contribution in [0.5, 0.6) is 5.88 Å². The maximum absolute atomic E-state index is 14.0. The van der Waals surface area contributed by atoms with Gasteiger partial charge in [0.05, 0.1) is 30.5 Å². The standard InChI is InChI=1S/C28H34F2N6O5/c1-18-26(36(20-6-4-3-5-7-20)34-27(18)40-17-21-15-31-10-12-39-21)33-28(37)32-24-16-35(11-13-38-2)41-25(24)19-8-9-22(29)23(30)14-19/h3-9,14,21,24-25,31H,10-13,15-17H2,1-2H3,(H2,32,33,37)/t21?,24-,25+/m1/s1. The highest BCUT2D eigenvalue weighted by molar-refractivity contribution is 5.90. The number of anilines is 1. The van der Waals surface area contributed by atoms with E-state index in [2.05, 4.69) is 21.0 Å². The number of nitrogens with zero attached hydrogens (tertiary/aromatic N) is 3. The Morgan fingerprint density at radius 1 is 1.20 bits per heavy atom. The molecule has 3 atom stereocenters. The van der Waals surface area contributed by atoms with Crippen LogP contribution in [0.2, 0.25) is 0 Å². The Morgan fingerprint density at radius 2 is 2.02 bits per heavy atom. The van der Waals surface area contributed by atoms with Crippen molar-refractivity contribution in [2.45, 2.75) is 25.2 Å². The van der Waals surface area contributed by atoms with E-state index in [1.54, 1.807) is 16.9 Å². The van der Waals surface area contributed by atoms with Gasteiger partial charge in [-0.15, -0.1) is 5.10 Å². The molecule has 1 unspecified atom stereocenters. The number of rotatable bonds is 10. The van der Waals surface area contributed by atoms with E-state index in [9.17, 15) is 13.6 Å². The number of carbonyl (C=O) groups excluding carboxylic acids is 1. The molecule has 0 spiro atoms. The van der Waals surface area contributed by atoms with Gasteiger partial charge in [0, 0.05) is 33.3 Å². The first kappa shape index (κ1) is 28.9. The van der Waals surface area contributed by atoms with Crippen LogP contribution in [0.1, 0.15) is 17.2 Å². The SMILES string of the molecule is COCCN1C[C@@H](NC(=O)Nc2c(C)c(OCC3CNCCO3)nn2-c2ccccc2)[C@H](c2ccc(F)c(F)c2)O1. The fraction of sp³-hybridized carbons (Fsp3) is 0.429. The average Bonchev–Trinajstić information content (AvgIpc) is 3.53. The van der Waals surface area contributed by atoms with Crippen molar-refractivity contribution in [3.05, 3.63) is 71.3 Å². The molecule has 0 bridgehead atoms. The van der Waals surface area contributed by atoms with Gasteiger partial charge in [0.25, 0.3) is 0 Å². The molecule has 0 aliphatic carbocycles. The zero-order valence-electron chi connectivity index (χ0n) is 22.9. The number of urea groups is 1. The number of methoxy groups -OCH3 is 1. The summed E-state index contributed by atoms with van der Waals surface area (Å²) in [7, 11) is 1.57. The molecule has 2 aliphatic heterocycles. The smallest absolute Gasteiger partial charge is 0.320 e. The van der Waals surface area contributed by atoms with Gasteiger partial charge in [-0.05, 0) is 36.8 Å². The van der Waals surface area contributed by atoms with Gasteiger partial charge in [0.15, 0.2) is 11.6 Å². The number of hydroxylamine groups is 2. The topological polar surface area (TPSA) is 111 Å². The number of para-hydroxylation sites is 1. The minimum Gasteiger partial charge on any atom is -0.474 e. The van der Waals surface area contributed by atoms with Gasteiger partial charge in [-0.1, -0.05) is 24.3 Å². The first-order valence-electron chi connectivity index (χ1n) is 13.5. The average molecular weight is 573 g/mol. The van der Waals surface area contributed by atoms with E-state index < -0.39 is 29.8 Å². The predicted molar refractivity (Wildman–Crippen MR) is 146 cm³/mol. The maximum Gasteiger partial charge on any atom is 0.320 e.